The summed E-state index contributed by atoms with van der Waals surface area (Å²) in [6.45, 7) is 3.57. The molecular weight excluding hydrogens is 253 g/mol. The lowest BCUT2D eigenvalue weighted by Gasteiger charge is -2.31. The average molecular weight is 271 g/mol. The summed E-state index contributed by atoms with van der Waals surface area (Å²) in [4.78, 5) is 2.22. The molecule has 0 atom stereocenters. The minimum atomic E-state index is -0.307. The van der Waals surface area contributed by atoms with E-state index < -0.39 is 0 Å². The van der Waals surface area contributed by atoms with E-state index in [1.54, 1.807) is 0 Å². The van der Waals surface area contributed by atoms with Crippen molar-refractivity contribution in [1.82, 2.24) is 0 Å². The van der Waals surface area contributed by atoms with Crippen molar-refractivity contribution in [3.63, 3.8) is 0 Å². The second-order valence-electron chi connectivity index (χ2n) is 5.43. The molecule has 0 amide bonds. The molecule has 0 bridgehead atoms. The van der Waals surface area contributed by atoms with E-state index in [9.17, 15) is 9.50 Å². The molecule has 104 valence electrons. The minimum Gasteiger partial charge on any atom is -0.508 e. The van der Waals surface area contributed by atoms with E-state index in [0.717, 1.165) is 19.4 Å². The van der Waals surface area contributed by atoms with Crippen LogP contribution in [0.5, 0.6) is 5.75 Å². The van der Waals surface area contributed by atoms with Crippen molar-refractivity contribution < 1.29 is 9.50 Å². The van der Waals surface area contributed by atoms with E-state index in [4.69, 9.17) is 0 Å². The first kappa shape index (κ1) is 13.0. The Bertz CT molecular complexity index is 639. The zero-order valence-corrected chi connectivity index (χ0v) is 11.6. The maximum atomic E-state index is 13.3. The fourth-order valence-corrected chi connectivity index (χ4v) is 2.85. The molecule has 2 aromatic rings. The summed E-state index contributed by atoms with van der Waals surface area (Å²) >= 11 is 0. The molecule has 1 aliphatic heterocycles. The molecule has 0 unspecified atom stereocenters. The van der Waals surface area contributed by atoms with Gasteiger partial charge >= 0.3 is 0 Å². The van der Waals surface area contributed by atoms with E-state index in [1.165, 1.54) is 35.0 Å². The van der Waals surface area contributed by atoms with Crippen LogP contribution in [0.25, 0.3) is 0 Å². The highest BCUT2D eigenvalue weighted by atomic mass is 19.1. The average Bonchev–Trinajstić information content (AvgIpc) is 2.43. The Labute approximate surface area is 118 Å². The first-order chi connectivity index (χ1) is 9.63. The molecule has 0 aliphatic carbocycles. The fraction of sp³-hybridized carbons (Fsp3) is 0.294. The van der Waals surface area contributed by atoms with Gasteiger partial charge in [-0.05, 0) is 49.6 Å². The highest BCUT2D eigenvalue weighted by Gasteiger charge is 2.18. The third-order valence-corrected chi connectivity index (χ3v) is 3.85. The number of hydrogen-bond acceptors (Lipinski definition) is 2. The number of aryl methyl sites for hydroxylation is 2. The second-order valence-corrected chi connectivity index (χ2v) is 5.43. The van der Waals surface area contributed by atoms with Crippen molar-refractivity contribution in [3.05, 3.63) is 58.9 Å². The van der Waals surface area contributed by atoms with Crippen LogP contribution in [0.1, 0.15) is 23.1 Å². The Morgan fingerprint density at radius 2 is 2.05 bits per heavy atom. The van der Waals surface area contributed by atoms with Crippen molar-refractivity contribution in [3.8, 4) is 5.75 Å². The Balaban J connectivity index is 1.91. The summed E-state index contributed by atoms with van der Waals surface area (Å²) in [7, 11) is 0. The van der Waals surface area contributed by atoms with Crippen LogP contribution in [-0.2, 0) is 13.0 Å². The molecule has 0 saturated heterocycles. The van der Waals surface area contributed by atoms with Crippen LogP contribution in [-0.4, -0.2) is 11.7 Å². The van der Waals surface area contributed by atoms with Gasteiger partial charge in [-0.3, -0.25) is 0 Å². The van der Waals surface area contributed by atoms with Gasteiger partial charge < -0.3 is 10.0 Å². The lowest BCUT2D eigenvalue weighted by atomic mass is 9.99. The van der Waals surface area contributed by atoms with Crippen molar-refractivity contribution >= 4 is 5.69 Å². The predicted molar refractivity (Wildman–Crippen MR) is 78.6 cm³/mol. The van der Waals surface area contributed by atoms with Gasteiger partial charge in [0.1, 0.15) is 11.6 Å². The van der Waals surface area contributed by atoms with E-state index in [2.05, 4.69) is 30.0 Å². The van der Waals surface area contributed by atoms with Gasteiger partial charge in [0.25, 0.3) is 0 Å². The number of hydrogen-bond donors (Lipinski definition) is 1. The van der Waals surface area contributed by atoms with Gasteiger partial charge in [0.15, 0.2) is 0 Å². The number of phenolic OH excluding ortho intramolecular Hbond substituents is 1. The van der Waals surface area contributed by atoms with Gasteiger partial charge in [-0.25, -0.2) is 4.39 Å². The van der Waals surface area contributed by atoms with Crippen LogP contribution in [0.15, 0.2) is 36.4 Å². The van der Waals surface area contributed by atoms with Gasteiger partial charge in [-0.2, -0.15) is 0 Å². The number of halogens is 1. The van der Waals surface area contributed by atoms with Crippen LogP contribution in [0, 0.1) is 12.7 Å². The molecule has 0 radical (unpaired) electrons. The van der Waals surface area contributed by atoms with Crippen molar-refractivity contribution in [1.29, 1.82) is 0 Å². The van der Waals surface area contributed by atoms with Gasteiger partial charge in [0, 0.05) is 24.3 Å². The van der Waals surface area contributed by atoms with Gasteiger partial charge in [-0.15, -0.1) is 0 Å². The number of aromatic hydroxyl groups is 1. The number of fused-ring (bicyclic) bond motifs is 1. The number of benzene rings is 2. The van der Waals surface area contributed by atoms with Crippen LogP contribution in [0.2, 0.25) is 0 Å². The summed E-state index contributed by atoms with van der Waals surface area (Å²) in [5.41, 5.74) is 4.44. The number of rotatable bonds is 2. The molecule has 1 aliphatic rings. The smallest absolute Gasteiger partial charge is 0.123 e. The predicted octanol–water partition coefficient (Wildman–Crippen LogP) is 3.79. The molecule has 3 heteroatoms. The Morgan fingerprint density at radius 3 is 2.90 bits per heavy atom. The molecule has 20 heavy (non-hydrogen) atoms. The number of nitrogens with zero attached hydrogens (tertiary/aromatic N) is 1. The Hall–Kier alpha value is -2.03. The van der Waals surface area contributed by atoms with E-state index in [0.29, 0.717) is 12.1 Å². The maximum Gasteiger partial charge on any atom is 0.123 e. The molecule has 0 aromatic heterocycles. The Kier molecular flexibility index (Phi) is 3.35. The van der Waals surface area contributed by atoms with Crippen molar-refractivity contribution in [2.75, 3.05) is 11.4 Å². The summed E-state index contributed by atoms with van der Waals surface area (Å²) in [5, 5.41) is 9.86. The zero-order valence-electron chi connectivity index (χ0n) is 11.6. The summed E-state index contributed by atoms with van der Waals surface area (Å²) in [6.07, 6.45) is 2.18. The summed E-state index contributed by atoms with van der Waals surface area (Å²) in [5.74, 6) is -0.149. The van der Waals surface area contributed by atoms with E-state index in [-0.39, 0.29) is 11.6 Å². The molecule has 0 spiro atoms. The minimum absolute atomic E-state index is 0.158. The molecule has 3 rings (SSSR count). The van der Waals surface area contributed by atoms with Crippen LogP contribution >= 0.6 is 0 Å². The summed E-state index contributed by atoms with van der Waals surface area (Å²) < 4.78 is 13.3. The lowest BCUT2D eigenvalue weighted by Crippen LogP contribution is -2.28. The Morgan fingerprint density at radius 1 is 1.20 bits per heavy atom. The molecule has 1 heterocycles. The highest BCUT2D eigenvalue weighted by Crippen LogP contribution is 2.30. The second kappa shape index (κ2) is 5.16. The first-order valence-electron chi connectivity index (χ1n) is 6.95. The monoisotopic (exact) mass is 271 g/mol. The van der Waals surface area contributed by atoms with E-state index in [1.807, 2.05) is 0 Å². The highest BCUT2D eigenvalue weighted by molar-refractivity contribution is 5.57. The number of phenols is 1. The standard InChI is InChI=1S/C17H18FNO/c1-12-4-6-16-13(9-12)3-2-8-19(16)11-14-10-15(18)5-7-17(14)20/h4-7,9-10,20H,2-3,8,11H2,1H3. The van der Waals surface area contributed by atoms with Crippen molar-refractivity contribution in [2.24, 2.45) is 0 Å². The SMILES string of the molecule is Cc1ccc2c(c1)CCCN2Cc1cc(F)ccc1O. The molecule has 0 saturated carbocycles. The molecular formula is C17H18FNO. The first-order valence-corrected chi connectivity index (χ1v) is 6.95. The third kappa shape index (κ3) is 2.48. The van der Waals surface area contributed by atoms with E-state index >= 15 is 0 Å². The molecule has 0 fully saturated rings. The van der Waals surface area contributed by atoms with Crippen LogP contribution in [0.3, 0.4) is 0 Å². The van der Waals surface area contributed by atoms with Crippen LogP contribution < -0.4 is 4.90 Å². The molecule has 1 N–H and O–H groups in total. The topological polar surface area (TPSA) is 23.5 Å². The van der Waals surface area contributed by atoms with Gasteiger partial charge in [-0.1, -0.05) is 17.7 Å². The van der Waals surface area contributed by atoms with Gasteiger partial charge in [0.2, 0.25) is 0 Å². The lowest BCUT2D eigenvalue weighted by molar-refractivity contribution is 0.464. The molecule has 2 nitrogen and oxygen atoms in total. The summed E-state index contributed by atoms with van der Waals surface area (Å²) in [6, 6.07) is 10.6. The maximum absolute atomic E-state index is 13.3. The third-order valence-electron chi connectivity index (χ3n) is 3.85. The largest absolute Gasteiger partial charge is 0.508 e. The normalized spacial score (nSPS) is 14.2. The quantitative estimate of drug-likeness (QED) is 0.898. The van der Waals surface area contributed by atoms with Crippen LogP contribution in [0.4, 0.5) is 10.1 Å². The van der Waals surface area contributed by atoms with Gasteiger partial charge in [0.05, 0.1) is 0 Å². The number of anilines is 1. The zero-order chi connectivity index (χ0) is 14.1. The molecule has 2 aromatic carbocycles. The van der Waals surface area contributed by atoms with Crippen molar-refractivity contribution in [2.45, 2.75) is 26.3 Å². The fourth-order valence-electron chi connectivity index (χ4n) is 2.85.